The highest BCUT2D eigenvalue weighted by atomic mass is 16.7. The first-order chi connectivity index (χ1) is 12.2. The Labute approximate surface area is 147 Å². The number of aldehydes is 1. The highest BCUT2D eigenvalue weighted by molar-refractivity contribution is 5.79. The standard InChI is InChI=1S/C15H28N2O8/c16-4-7-22-9-11-24-13-12-23-10-8-21-6-3-15(20)25-17-14(19)2-1-5-18/h5H,1-4,6-13,16H2,(H,17,19). The molecule has 1 amide bonds. The van der Waals surface area contributed by atoms with Crippen LogP contribution in [0.5, 0.6) is 0 Å². The lowest BCUT2D eigenvalue weighted by Gasteiger charge is -2.07. The fourth-order valence-electron chi connectivity index (χ4n) is 1.41. The van der Waals surface area contributed by atoms with Crippen molar-refractivity contribution < 1.29 is 38.2 Å². The van der Waals surface area contributed by atoms with Crippen molar-refractivity contribution >= 4 is 18.2 Å². The van der Waals surface area contributed by atoms with Crippen molar-refractivity contribution in [2.24, 2.45) is 5.73 Å². The van der Waals surface area contributed by atoms with Crippen molar-refractivity contribution in [1.29, 1.82) is 0 Å². The van der Waals surface area contributed by atoms with Gasteiger partial charge in [-0.2, -0.15) is 5.48 Å². The van der Waals surface area contributed by atoms with Gasteiger partial charge in [0, 0.05) is 19.4 Å². The van der Waals surface area contributed by atoms with Gasteiger partial charge in [-0.3, -0.25) is 4.79 Å². The normalized spacial score (nSPS) is 10.4. The number of hydrogen-bond acceptors (Lipinski definition) is 9. The van der Waals surface area contributed by atoms with Crippen LogP contribution in [0.2, 0.25) is 0 Å². The smallest absolute Gasteiger partial charge is 0.334 e. The third kappa shape index (κ3) is 18.6. The highest BCUT2D eigenvalue weighted by Gasteiger charge is 2.06. The molecule has 3 N–H and O–H groups in total. The molecule has 10 heteroatoms. The minimum absolute atomic E-state index is 0.000127. The monoisotopic (exact) mass is 364 g/mol. The Morgan fingerprint density at radius 2 is 1.32 bits per heavy atom. The van der Waals surface area contributed by atoms with Crippen molar-refractivity contribution in [2.75, 3.05) is 59.4 Å². The number of hydroxylamine groups is 1. The summed E-state index contributed by atoms with van der Waals surface area (Å²) in [6.07, 6.45) is 0.676. The van der Waals surface area contributed by atoms with E-state index in [4.69, 9.17) is 24.7 Å². The molecule has 146 valence electrons. The van der Waals surface area contributed by atoms with Gasteiger partial charge in [0.05, 0.1) is 59.3 Å². The molecule has 0 saturated carbocycles. The fraction of sp³-hybridized carbons (Fsp3) is 0.800. The Morgan fingerprint density at radius 1 is 0.800 bits per heavy atom. The number of rotatable bonds is 17. The number of nitrogens with two attached hydrogens (primary N) is 1. The molecule has 0 rings (SSSR count). The molecular formula is C15H28N2O8. The van der Waals surface area contributed by atoms with Gasteiger partial charge in [-0.1, -0.05) is 0 Å². The highest BCUT2D eigenvalue weighted by Crippen LogP contribution is 1.89. The zero-order valence-electron chi connectivity index (χ0n) is 14.4. The maximum atomic E-state index is 11.3. The second-order valence-electron chi connectivity index (χ2n) is 4.69. The molecule has 0 aromatic heterocycles. The van der Waals surface area contributed by atoms with Gasteiger partial charge in [-0.25, -0.2) is 4.79 Å². The molecule has 25 heavy (non-hydrogen) atoms. The van der Waals surface area contributed by atoms with Crippen LogP contribution in [0, 0.1) is 0 Å². The molecular weight excluding hydrogens is 336 g/mol. The number of carbonyl (C=O) groups excluding carboxylic acids is 3. The van der Waals surface area contributed by atoms with Crippen LogP contribution in [0.15, 0.2) is 0 Å². The number of hydrogen-bond donors (Lipinski definition) is 2. The second-order valence-corrected chi connectivity index (χ2v) is 4.69. The number of nitrogens with one attached hydrogen (secondary N) is 1. The minimum Gasteiger partial charge on any atom is -0.378 e. The third-order valence-corrected chi connectivity index (χ3v) is 2.60. The first kappa shape index (κ1) is 23.4. The average Bonchev–Trinajstić information content (AvgIpc) is 2.62. The molecule has 0 aliphatic rings. The number of carbonyl (C=O) groups is 3. The molecule has 0 aromatic rings. The Morgan fingerprint density at radius 3 is 1.84 bits per heavy atom. The molecule has 0 bridgehead atoms. The van der Waals surface area contributed by atoms with Crippen molar-refractivity contribution in [3.05, 3.63) is 0 Å². The van der Waals surface area contributed by atoms with Gasteiger partial charge in [0.25, 0.3) is 5.91 Å². The van der Waals surface area contributed by atoms with Crippen LogP contribution in [-0.2, 0) is 38.2 Å². The Bertz CT molecular complexity index is 354. The molecule has 0 heterocycles. The molecule has 0 aliphatic heterocycles. The van der Waals surface area contributed by atoms with Crippen LogP contribution >= 0.6 is 0 Å². The largest absolute Gasteiger partial charge is 0.378 e. The molecule has 10 nitrogen and oxygen atoms in total. The summed E-state index contributed by atoms with van der Waals surface area (Å²) < 4.78 is 20.9. The Kier molecular flexibility index (Phi) is 17.6. The van der Waals surface area contributed by atoms with Gasteiger partial charge >= 0.3 is 5.97 Å². The van der Waals surface area contributed by atoms with Gasteiger partial charge < -0.3 is 34.3 Å². The summed E-state index contributed by atoms with van der Waals surface area (Å²) in [6, 6.07) is 0. The Balaban J connectivity index is 3.23. The summed E-state index contributed by atoms with van der Waals surface area (Å²) in [4.78, 5) is 36.9. The predicted octanol–water partition coefficient (Wildman–Crippen LogP) is -1.04. The summed E-state index contributed by atoms with van der Waals surface area (Å²) in [5.41, 5.74) is 7.23. The van der Waals surface area contributed by atoms with E-state index in [9.17, 15) is 14.4 Å². The van der Waals surface area contributed by atoms with Crippen molar-refractivity contribution in [1.82, 2.24) is 5.48 Å². The summed E-state index contributed by atoms with van der Waals surface area (Å²) in [5.74, 6) is -1.14. The van der Waals surface area contributed by atoms with Gasteiger partial charge in [0.1, 0.15) is 6.29 Å². The zero-order chi connectivity index (χ0) is 18.6. The maximum absolute atomic E-state index is 11.3. The van der Waals surface area contributed by atoms with E-state index in [-0.39, 0.29) is 25.9 Å². The van der Waals surface area contributed by atoms with E-state index in [0.29, 0.717) is 59.1 Å². The van der Waals surface area contributed by atoms with Gasteiger partial charge in [0.2, 0.25) is 0 Å². The van der Waals surface area contributed by atoms with Crippen LogP contribution in [0.3, 0.4) is 0 Å². The SMILES string of the molecule is NCCOCCOCCOCCOCCC(=O)ONC(=O)CCC=O. The summed E-state index contributed by atoms with van der Waals surface area (Å²) >= 11 is 0. The van der Waals surface area contributed by atoms with Gasteiger partial charge in [0.15, 0.2) is 0 Å². The second kappa shape index (κ2) is 18.7. The van der Waals surface area contributed by atoms with Crippen molar-refractivity contribution in [3.8, 4) is 0 Å². The van der Waals surface area contributed by atoms with E-state index in [1.807, 2.05) is 5.48 Å². The molecule has 0 atom stereocenters. The lowest BCUT2D eigenvalue weighted by Crippen LogP contribution is -2.27. The van der Waals surface area contributed by atoms with Gasteiger partial charge in [-0.15, -0.1) is 0 Å². The number of ether oxygens (including phenoxy) is 4. The quantitative estimate of drug-likeness (QED) is 0.188. The first-order valence-corrected chi connectivity index (χ1v) is 8.14. The van der Waals surface area contributed by atoms with Crippen LogP contribution in [0.1, 0.15) is 19.3 Å². The van der Waals surface area contributed by atoms with E-state index in [2.05, 4.69) is 4.84 Å². The van der Waals surface area contributed by atoms with Crippen LogP contribution in [0.4, 0.5) is 0 Å². The lowest BCUT2D eigenvalue weighted by molar-refractivity contribution is -0.159. The molecule has 0 spiro atoms. The van der Waals surface area contributed by atoms with Crippen LogP contribution < -0.4 is 11.2 Å². The molecule has 0 fully saturated rings. The molecule has 0 radical (unpaired) electrons. The molecule has 0 saturated heterocycles. The lowest BCUT2D eigenvalue weighted by atomic mass is 10.3. The summed E-state index contributed by atoms with van der Waals surface area (Å²) in [6.45, 7) is 3.79. The van der Waals surface area contributed by atoms with E-state index in [1.54, 1.807) is 0 Å². The number of amides is 1. The van der Waals surface area contributed by atoms with Crippen LogP contribution in [0.25, 0.3) is 0 Å². The van der Waals surface area contributed by atoms with Crippen molar-refractivity contribution in [3.63, 3.8) is 0 Å². The minimum atomic E-state index is -0.620. The summed E-state index contributed by atoms with van der Waals surface area (Å²) in [5, 5.41) is 0. The van der Waals surface area contributed by atoms with Crippen molar-refractivity contribution in [2.45, 2.75) is 19.3 Å². The predicted molar refractivity (Wildman–Crippen MR) is 86.5 cm³/mol. The van der Waals surface area contributed by atoms with E-state index < -0.39 is 11.9 Å². The first-order valence-electron chi connectivity index (χ1n) is 8.14. The Hall–Kier alpha value is -1.59. The summed E-state index contributed by atoms with van der Waals surface area (Å²) in [7, 11) is 0. The van der Waals surface area contributed by atoms with Crippen LogP contribution in [-0.4, -0.2) is 77.6 Å². The fourth-order valence-corrected chi connectivity index (χ4v) is 1.41. The van der Waals surface area contributed by atoms with E-state index in [1.165, 1.54) is 0 Å². The van der Waals surface area contributed by atoms with E-state index in [0.717, 1.165) is 0 Å². The molecule has 0 unspecified atom stereocenters. The molecule has 0 aliphatic carbocycles. The van der Waals surface area contributed by atoms with Gasteiger partial charge in [-0.05, 0) is 0 Å². The zero-order valence-corrected chi connectivity index (χ0v) is 14.4. The van der Waals surface area contributed by atoms with E-state index >= 15 is 0 Å². The molecule has 0 aromatic carbocycles. The maximum Gasteiger partial charge on any atom is 0.334 e. The third-order valence-electron chi connectivity index (χ3n) is 2.60. The topological polar surface area (TPSA) is 135 Å². The average molecular weight is 364 g/mol.